The first kappa shape index (κ1) is 15.2. The average molecular weight is 314 g/mol. The van der Waals surface area contributed by atoms with Crippen molar-refractivity contribution in [2.75, 3.05) is 19.6 Å². The molecule has 1 saturated heterocycles. The Hall–Kier alpha value is -1.39. The summed E-state index contributed by atoms with van der Waals surface area (Å²) in [5.74, 6) is 0.0307. The molecule has 0 radical (unpaired) electrons. The summed E-state index contributed by atoms with van der Waals surface area (Å²) in [6, 6.07) is 11.1. The summed E-state index contributed by atoms with van der Waals surface area (Å²) in [6.45, 7) is 2.96. The molecule has 0 amide bonds. The van der Waals surface area contributed by atoms with Crippen LogP contribution in [0, 0.1) is 5.41 Å². The molecule has 1 aromatic carbocycles. The first-order chi connectivity index (χ1) is 11.2. The van der Waals surface area contributed by atoms with E-state index in [2.05, 4.69) is 40.5 Å². The molecule has 3 fully saturated rings. The zero-order chi connectivity index (χ0) is 15.9. The highest BCUT2D eigenvalue weighted by Crippen LogP contribution is 2.48. The first-order valence-electron chi connectivity index (χ1n) is 8.92. The van der Waals surface area contributed by atoms with E-state index in [1.54, 1.807) is 0 Å². The Morgan fingerprint density at radius 3 is 2.78 bits per heavy atom. The van der Waals surface area contributed by atoms with Gasteiger partial charge in [0.15, 0.2) is 0 Å². The molecule has 0 unspecified atom stereocenters. The highest BCUT2D eigenvalue weighted by atomic mass is 16.4. The first-order valence-corrected chi connectivity index (χ1v) is 8.92. The molecule has 0 aromatic heterocycles. The van der Waals surface area contributed by atoms with E-state index in [9.17, 15) is 9.90 Å². The number of carboxylic acid groups (broad SMARTS) is 1. The number of nitrogens with zero attached hydrogens (tertiary/aromatic N) is 1. The Kier molecular flexibility index (Phi) is 3.90. The molecule has 23 heavy (non-hydrogen) atoms. The van der Waals surface area contributed by atoms with Crippen LogP contribution in [0.3, 0.4) is 0 Å². The summed E-state index contributed by atoms with van der Waals surface area (Å²) in [6.07, 6.45) is 5.56. The molecular weight excluding hydrogens is 288 g/mol. The number of carbonyl (C=O) groups is 1. The molecule has 0 bridgehead atoms. The second-order valence-corrected chi connectivity index (χ2v) is 7.71. The maximum Gasteiger partial charge on any atom is 0.320 e. The molecular formula is C19H26N2O2. The number of hydrogen-bond acceptors (Lipinski definition) is 3. The van der Waals surface area contributed by atoms with Crippen molar-refractivity contribution < 1.29 is 9.90 Å². The van der Waals surface area contributed by atoms with Crippen LogP contribution in [0.15, 0.2) is 30.3 Å². The molecule has 1 aromatic rings. The molecule has 0 spiro atoms. The maximum atomic E-state index is 11.3. The molecule has 3 aliphatic rings. The second-order valence-electron chi connectivity index (χ2n) is 7.71. The molecule has 4 rings (SSSR count). The summed E-state index contributed by atoms with van der Waals surface area (Å²) in [5.41, 5.74) is 1.78. The Morgan fingerprint density at radius 2 is 2.09 bits per heavy atom. The van der Waals surface area contributed by atoms with Crippen LogP contribution >= 0.6 is 0 Å². The fourth-order valence-corrected chi connectivity index (χ4v) is 4.13. The van der Waals surface area contributed by atoms with Gasteiger partial charge in [-0.2, -0.15) is 0 Å². The molecule has 1 aliphatic heterocycles. The molecule has 4 heteroatoms. The third-order valence-electron chi connectivity index (χ3n) is 5.90. The fourth-order valence-electron chi connectivity index (χ4n) is 4.13. The number of nitrogens with one attached hydrogen (secondary N) is 1. The second kappa shape index (κ2) is 5.91. The summed E-state index contributed by atoms with van der Waals surface area (Å²) >= 11 is 0. The van der Waals surface area contributed by atoms with Crippen LogP contribution in [0.5, 0.6) is 0 Å². The minimum atomic E-state index is -0.641. The predicted octanol–water partition coefficient (Wildman–Crippen LogP) is 2.46. The van der Waals surface area contributed by atoms with Crippen molar-refractivity contribution in [1.82, 2.24) is 10.2 Å². The molecule has 2 saturated carbocycles. The van der Waals surface area contributed by atoms with E-state index in [1.165, 1.54) is 24.8 Å². The summed E-state index contributed by atoms with van der Waals surface area (Å²) in [4.78, 5) is 13.5. The summed E-state index contributed by atoms with van der Waals surface area (Å²) < 4.78 is 0. The van der Waals surface area contributed by atoms with Crippen LogP contribution in [-0.4, -0.2) is 47.7 Å². The van der Waals surface area contributed by atoms with Crippen LogP contribution in [0.4, 0.5) is 0 Å². The van der Waals surface area contributed by atoms with Gasteiger partial charge in [0.2, 0.25) is 0 Å². The third kappa shape index (κ3) is 3.29. The van der Waals surface area contributed by atoms with Crippen LogP contribution < -0.4 is 5.32 Å². The molecule has 4 nitrogen and oxygen atoms in total. The fraction of sp³-hybridized carbons (Fsp3) is 0.632. The molecule has 1 heterocycles. The van der Waals surface area contributed by atoms with Gasteiger partial charge in [0, 0.05) is 25.0 Å². The third-order valence-corrected chi connectivity index (χ3v) is 5.90. The van der Waals surface area contributed by atoms with Gasteiger partial charge in [0.25, 0.3) is 0 Å². The van der Waals surface area contributed by atoms with Gasteiger partial charge in [-0.1, -0.05) is 30.3 Å². The molecule has 2 N–H and O–H groups in total. The minimum absolute atomic E-state index is 0.245. The highest BCUT2D eigenvalue weighted by Gasteiger charge is 2.48. The lowest BCUT2D eigenvalue weighted by Crippen LogP contribution is -2.42. The van der Waals surface area contributed by atoms with Crippen molar-refractivity contribution in [3.05, 3.63) is 35.9 Å². The van der Waals surface area contributed by atoms with E-state index in [1.807, 2.05) is 0 Å². The average Bonchev–Trinajstić information content (AvgIpc) is 3.44. The van der Waals surface area contributed by atoms with Crippen molar-refractivity contribution in [2.24, 2.45) is 5.41 Å². The van der Waals surface area contributed by atoms with Crippen molar-refractivity contribution >= 4 is 5.97 Å². The van der Waals surface area contributed by atoms with Crippen LogP contribution in [0.1, 0.15) is 43.6 Å². The molecule has 2 aliphatic carbocycles. The van der Waals surface area contributed by atoms with Crippen molar-refractivity contribution in [3.63, 3.8) is 0 Å². The van der Waals surface area contributed by atoms with Gasteiger partial charge >= 0.3 is 5.97 Å². The predicted molar refractivity (Wildman–Crippen MR) is 89.5 cm³/mol. The van der Waals surface area contributed by atoms with E-state index in [4.69, 9.17) is 0 Å². The highest BCUT2D eigenvalue weighted by molar-refractivity contribution is 5.73. The van der Waals surface area contributed by atoms with Gasteiger partial charge in [0.05, 0.1) is 0 Å². The van der Waals surface area contributed by atoms with Crippen LogP contribution in [-0.2, 0) is 4.79 Å². The largest absolute Gasteiger partial charge is 0.480 e. The van der Waals surface area contributed by atoms with Crippen molar-refractivity contribution in [3.8, 4) is 0 Å². The van der Waals surface area contributed by atoms with E-state index in [-0.39, 0.29) is 6.04 Å². The van der Waals surface area contributed by atoms with Gasteiger partial charge < -0.3 is 10.4 Å². The van der Waals surface area contributed by atoms with Gasteiger partial charge in [-0.15, -0.1) is 0 Å². The topological polar surface area (TPSA) is 52.6 Å². The number of carboxylic acids is 1. The lowest BCUT2D eigenvalue weighted by Gasteiger charge is -2.27. The zero-order valence-corrected chi connectivity index (χ0v) is 13.6. The SMILES string of the molecule is O=C(O)[C@@H]1CCCN1CC1(CN[C@@H]2C[C@H]2c2ccccc2)CC1. The van der Waals surface area contributed by atoms with Crippen LogP contribution in [0.25, 0.3) is 0 Å². The van der Waals surface area contributed by atoms with Gasteiger partial charge in [-0.3, -0.25) is 9.69 Å². The molecule has 124 valence electrons. The zero-order valence-electron chi connectivity index (χ0n) is 13.6. The van der Waals surface area contributed by atoms with Gasteiger partial charge in [-0.05, 0) is 49.6 Å². The summed E-state index contributed by atoms with van der Waals surface area (Å²) in [5, 5.41) is 13.1. The Morgan fingerprint density at radius 1 is 1.30 bits per heavy atom. The Balaban J connectivity index is 1.28. The van der Waals surface area contributed by atoms with E-state index < -0.39 is 5.97 Å². The van der Waals surface area contributed by atoms with Crippen LogP contribution in [0.2, 0.25) is 0 Å². The Bertz CT molecular complexity index is 570. The van der Waals surface area contributed by atoms with Gasteiger partial charge in [0.1, 0.15) is 6.04 Å². The number of rotatable bonds is 7. The maximum absolute atomic E-state index is 11.3. The number of benzene rings is 1. The van der Waals surface area contributed by atoms with Crippen molar-refractivity contribution in [1.29, 1.82) is 0 Å². The van der Waals surface area contributed by atoms with E-state index in [0.717, 1.165) is 32.5 Å². The van der Waals surface area contributed by atoms with E-state index >= 15 is 0 Å². The standard InChI is InChI=1S/C19H26N2O2/c22-18(23)17-7-4-10-21(17)13-19(8-9-19)12-20-16-11-15(16)14-5-2-1-3-6-14/h1-3,5-6,15-17,20H,4,7-13H2,(H,22,23)/t15-,16+,17-/m0/s1. The summed E-state index contributed by atoms with van der Waals surface area (Å²) in [7, 11) is 0. The smallest absolute Gasteiger partial charge is 0.320 e. The number of aliphatic carboxylic acids is 1. The van der Waals surface area contributed by atoms with Gasteiger partial charge in [-0.25, -0.2) is 0 Å². The lowest BCUT2D eigenvalue weighted by molar-refractivity contribution is -0.142. The number of likely N-dealkylation sites (tertiary alicyclic amines) is 1. The normalized spacial score (nSPS) is 31.9. The lowest BCUT2D eigenvalue weighted by atomic mass is 10.1. The quantitative estimate of drug-likeness (QED) is 0.812. The van der Waals surface area contributed by atoms with E-state index in [0.29, 0.717) is 17.4 Å². The monoisotopic (exact) mass is 314 g/mol. The number of hydrogen-bond donors (Lipinski definition) is 2. The Labute approximate surface area is 137 Å². The van der Waals surface area contributed by atoms with Crippen molar-refractivity contribution in [2.45, 2.75) is 50.1 Å². The molecule has 3 atom stereocenters. The minimum Gasteiger partial charge on any atom is -0.480 e.